The average Bonchev–Trinajstić information content (AvgIpc) is 2.17. The van der Waals surface area contributed by atoms with Crippen LogP contribution in [0, 0.1) is 6.92 Å². The number of hydrogen-bond donors (Lipinski definition) is 1. The first-order chi connectivity index (χ1) is 3.29. The summed E-state index contributed by atoms with van der Waals surface area (Å²) in [5.74, 6) is 0. The first-order valence-electron chi connectivity index (χ1n) is 2.34. The van der Waals surface area contributed by atoms with Gasteiger partial charge in [0.25, 0.3) is 0 Å². The molecular weight excluding hydrogens is 92.1 g/mol. The molecule has 0 saturated carbocycles. The second-order valence-corrected chi connectivity index (χ2v) is 1.76. The van der Waals surface area contributed by atoms with Gasteiger partial charge in [0.05, 0.1) is 18.8 Å². The van der Waals surface area contributed by atoms with E-state index in [-0.39, 0.29) is 6.10 Å². The monoisotopic (exact) mass is 100 g/mol. The Labute approximate surface area is 43.1 Å². The van der Waals surface area contributed by atoms with Gasteiger partial charge in [0.1, 0.15) is 0 Å². The number of hydrogen-bond acceptors (Lipinski definition) is 2. The summed E-state index contributed by atoms with van der Waals surface area (Å²) in [6.07, 6.45) is 0.146. The van der Waals surface area contributed by atoms with Crippen molar-refractivity contribution in [3.8, 4) is 0 Å². The molecule has 0 bridgehead atoms. The van der Waals surface area contributed by atoms with E-state index >= 15 is 0 Å². The molecule has 0 spiro atoms. The van der Waals surface area contributed by atoms with Gasteiger partial charge in [-0.2, -0.15) is 0 Å². The van der Waals surface area contributed by atoms with Gasteiger partial charge in [0.2, 0.25) is 0 Å². The molecule has 0 aromatic heterocycles. The molecule has 1 aliphatic rings. The summed E-state index contributed by atoms with van der Waals surface area (Å²) in [6.45, 7) is 5.78. The van der Waals surface area contributed by atoms with E-state index in [1.54, 1.807) is 0 Å². The summed E-state index contributed by atoms with van der Waals surface area (Å²) < 4.78 is 4.78. The van der Waals surface area contributed by atoms with Crippen molar-refractivity contribution in [2.75, 3.05) is 6.61 Å². The maximum atomic E-state index is 8.46. The fourth-order valence-electron chi connectivity index (χ4n) is 0.473. The summed E-state index contributed by atoms with van der Waals surface area (Å²) >= 11 is 0. The summed E-state index contributed by atoms with van der Waals surface area (Å²) in [5, 5.41) is 8.46. The molecule has 1 heterocycles. The third kappa shape index (κ3) is 1.90. The van der Waals surface area contributed by atoms with E-state index in [0.29, 0.717) is 6.42 Å². The van der Waals surface area contributed by atoms with Gasteiger partial charge in [0.15, 0.2) is 0 Å². The first kappa shape index (κ1) is 5.06. The van der Waals surface area contributed by atoms with Gasteiger partial charge in [-0.15, -0.1) is 0 Å². The van der Waals surface area contributed by atoms with E-state index < -0.39 is 6.10 Å². The van der Waals surface area contributed by atoms with Crippen LogP contribution in [0.3, 0.4) is 0 Å². The lowest BCUT2D eigenvalue weighted by Gasteiger charge is -1.95. The molecule has 2 nitrogen and oxygen atoms in total. The van der Waals surface area contributed by atoms with Gasteiger partial charge >= 0.3 is 0 Å². The maximum absolute atomic E-state index is 8.46. The van der Waals surface area contributed by atoms with Crippen LogP contribution in [0.15, 0.2) is 0 Å². The van der Waals surface area contributed by atoms with Crippen LogP contribution < -0.4 is 0 Å². The molecule has 1 rings (SSSR count). The minimum absolute atomic E-state index is 0.250. The normalized spacial score (nSPS) is 32.6. The van der Waals surface area contributed by atoms with Gasteiger partial charge in [-0.25, -0.2) is 0 Å². The summed E-state index contributed by atoms with van der Waals surface area (Å²) in [7, 11) is 0. The van der Waals surface area contributed by atoms with Crippen LogP contribution in [-0.2, 0) is 4.74 Å². The Morgan fingerprint density at radius 3 is 2.71 bits per heavy atom. The Hall–Kier alpha value is -0.0800. The molecule has 40 valence electrons. The van der Waals surface area contributed by atoms with Crippen molar-refractivity contribution in [2.24, 2.45) is 0 Å². The standard InChI is InChI=1S/C5H8O2/c1-4(6)2-5-3-7-5/h1,4-6H,2-3H2. The zero-order valence-corrected chi connectivity index (χ0v) is 4.00. The first-order valence-corrected chi connectivity index (χ1v) is 2.34. The van der Waals surface area contributed by atoms with Crippen LogP contribution in [0.5, 0.6) is 0 Å². The van der Waals surface area contributed by atoms with Crippen molar-refractivity contribution in [3.63, 3.8) is 0 Å². The zero-order valence-electron chi connectivity index (χ0n) is 4.00. The molecule has 0 aromatic carbocycles. The SMILES string of the molecule is [CH]C(O)CC1CO1. The fourth-order valence-corrected chi connectivity index (χ4v) is 0.473. The molecule has 7 heavy (non-hydrogen) atoms. The van der Waals surface area contributed by atoms with Gasteiger partial charge in [-0.3, -0.25) is 0 Å². The van der Waals surface area contributed by atoms with Crippen LogP contribution >= 0.6 is 0 Å². The molecule has 0 amide bonds. The summed E-state index contributed by atoms with van der Waals surface area (Å²) in [5.41, 5.74) is 0. The predicted octanol–water partition coefficient (Wildman–Crippen LogP) is -0.153. The minimum atomic E-state index is -0.688. The highest BCUT2D eigenvalue weighted by atomic mass is 16.6. The van der Waals surface area contributed by atoms with E-state index in [9.17, 15) is 0 Å². The van der Waals surface area contributed by atoms with Crippen LogP contribution in [0.1, 0.15) is 6.42 Å². The second-order valence-electron chi connectivity index (χ2n) is 1.76. The van der Waals surface area contributed by atoms with E-state index in [0.717, 1.165) is 6.61 Å². The van der Waals surface area contributed by atoms with Crippen LogP contribution in [0.25, 0.3) is 0 Å². The smallest absolute Gasteiger partial charge is 0.0834 e. The fraction of sp³-hybridized carbons (Fsp3) is 0.800. The Kier molecular flexibility index (Phi) is 1.30. The highest BCUT2D eigenvalue weighted by Gasteiger charge is 2.23. The van der Waals surface area contributed by atoms with Gasteiger partial charge in [0, 0.05) is 6.42 Å². The third-order valence-corrected chi connectivity index (χ3v) is 0.907. The Morgan fingerprint density at radius 1 is 2.00 bits per heavy atom. The predicted molar refractivity (Wildman–Crippen MR) is 24.7 cm³/mol. The number of aliphatic hydroxyl groups is 1. The third-order valence-electron chi connectivity index (χ3n) is 0.907. The largest absolute Gasteiger partial charge is 0.393 e. The van der Waals surface area contributed by atoms with E-state index in [2.05, 4.69) is 0 Å². The molecule has 1 fully saturated rings. The van der Waals surface area contributed by atoms with Crippen LogP contribution in [0.4, 0.5) is 0 Å². The minimum Gasteiger partial charge on any atom is -0.393 e. The Morgan fingerprint density at radius 2 is 2.57 bits per heavy atom. The molecule has 2 radical (unpaired) electrons. The molecule has 1 aliphatic heterocycles. The van der Waals surface area contributed by atoms with Gasteiger partial charge in [-0.1, -0.05) is 0 Å². The van der Waals surface area contributed by atoms with Crippen molar-refractivity contribution in [2.45, 2.75) is 18.6 Å². The molecule has 2 unspecified atom stereocenters. The highest BCUT2D eigenvalue weighted by molar-refractivity contribution is 4.73. The molecule has 0 aromatic rings. The second kappa shape index (κ2) is 1.80. The number of ether oxygens (including phenoxy) is 1. The molecule has 1 saturated heterocycles. The van der Waals surface area contributed by atoms with Crippen LogP contribution in [0.2, 0.25) is 0 Å². The quantitative estimate of drug-likeness (QED) is 0.489. The lowest BCUT2D eigenvalue weighted by Crippen LogP contribution is -2.03. The van der Waals surface area contributed by atoms with Crippen molar-refractivity contribution >= 4 is 0 Å². The highest BCUT2D eigenvalue weighted by Crippen LogP contribution is 2.14. The maximum Gasteiger partial charge on any atom is 0.0834 e. The summed E-state index contributed by atoms with van der Waals surface area (Å²) in [6, 6.07) is 0. The number of epoxide rings is 1. The molecule has 0 aliphatic carbocycles. The van der Waals surface area contributed by atoms with E-state index in [1.807, 2.05) is 0 Å². The molecular formula is C5H8O2. The zero-order chi connectivity index (χ0) is 5.28. The molecule has 1 N–H and O–H groups in total. The van der Waals surface area contributed by atoms with Crippen molar-refractivity contribution in [1.29, 1.82) is 0 Å². The molecule has 2 atom stereocenters. The lowest BCUT2D eigenvalue weighted by molar-refractivity contribution is 0.194. The van der Waals surface area contributed by atoms with E-state index in [4.69, 9.17) is 16.8 Å². The van der Waals surface area contributed by atoms with Gasteiger partial charge < -0.3 is 9.84 Å². The Balaban J connectivity index is 1.97. The van der Waals surface area contributed by atoms with E-state index in [1.165, 1.54) is 0 Å². The van der Waals surface area contributed by atoms with Crippen molar-refractivity contribution in [1.82, 2.24) is 0 Å². The topological polar surface area (TPSA) is 32.8 Å². The van der Waals surface area contributed by atoms with Gasteiger partial charge in [-0.05, 0) is 6.92 Å². The van der Waals surface area contributed by atoms with Crippen molar-refractivity contribution in [3.05, 3.63) is 6.92 Å². The Bertz CT molecular complexity index is 57.1. The summed E-state index contributed by atoms with van der Waals surface area (Å²) in [4.78, 5) is 0. The molecule has 2 heteroatoms. The van der Waals surface area contributed by atoms with Crippen LogP contribution in [-0.4, -0.2) is 23.9 Å². The lowest BCUT2D eigenvalue weighted by atomic mass is 10.2. The average molecular weight is 100 g/mol. The van der Waals surface area contributed by atoms with Crippen molar-refractivity contribution < 1.29 is 9.84 Å². The number of rotatable bonds is 2. The number of aliphatic hydroxyl groups excluding tert-OH is 1.